The highest BCUT2D eigenvalue weighted by Gasteiger charge is 2.35. The molecule has 1 heterocycles. The van der Waals surface area contributed by atoms with E-state index in [2.05, 4.69) is 26.2 Å². The Hall–Kier alpha value is -1.83. The maximum atomic E-state index is 12.7. The number of aryl methyl sites for hydroxylation is 1. The molecule has 146 valence electrons. The molecule has 0 aliphatic carbocycles. The van der Waals surface area contributed by atoms with Crippen molar-refractivity contribution in [1.82, 2.24) is 4.90 Å². The van der Waals surface area contributed by atoms with Crippen molar-refractivity contribution in [2.45, 2.75) is 25.5 Å². The highest BCUT2D eigenvalue weighted by Crippen LogP contribution is 2.31. The van der Waals surface area contributed by atoms with Gasteiger partial charge in [-0.1, -0.05) is 45.4 Å². The Kier molecular flexibility index (Phi) is 6.80. The normalized spacial score (nSPS) is 18.4. The molecule has 0 aromatic heterocycles. The predicted molar refractivity (Wildman–Crippen MR) is 119 cm³/mol. The molecule has 0 spiro atoms. The first-order valence-electron chi connectivity index (χ1n) is 8.75. The zero-order valence-electron chi connectivity index (χ0n) is 15.4. The lowest BCUT2D eigenvalue weighted by Crippen LogP contribution is -2.45. The Balaban J connectivity index is 1.82. The smallest absolute Gasteiger partial charge is 0.238 e. The summed E-state index contributed by atoms with van der Waals surface area (Å²) in [5.74, 6) is -0.333. The minimum absolute atomic E-state index is 0.117. The lowest BCUT2D eigenvalue weighted by molar-refractivity contribution is -0.129. The summed E-state index contributed by atoms with van der Waals surface area (Å²) in [6.07, 6.45) is 0.133. The fourth-order valence-corrected chi connectivity index (χ4v) is 4.27. The van der Waals surface area contributed by atoms with Crippen LogP contribution in [0.15, 0.2) is 51.9 Å². The standard InChI is InChI=1S/C20H19BrClN3O2S/c1-3-25-18(26)11-17(19(27)23-14-8-5-13(21)6-9-14)28-20(25)24-15-7-4-12(2)16(22)10-15/h4-10,17H,3,11H2,1-2H3,(H,23,27)/t17-/m0/s1. The van der Waals surface area contributed by atoms with Crippen LogP contribution in [-0.2, 0) is 9.59 Å². The third-order valence-corrected chi connectivity index (χ3v) is 6.36. The summed E-state index contributed by atoms with van der Waals surface area (Å²) in [6.45, 7) is 4.29. The largest absolute Gasteiger partial charge is 0.325 e. The predicted octanol–water partition coefficient (Wildman–Crippen LogP) is 5.39. The summed E-state index contributed by atoms with van der Waals surface area (Å²) in [5, 5.41) is 3.44. The number of hydrogen-bond acceptors (Lipinski definition) is 4. The van der Waals surface area contributed by atoms with E-state index in [4.69, 9.17) is 11.6 Å². The van der Waals surface area contributed by atoms with E-state index in [0.29, 0.717) is 28.1 Å². The number of hydrogen-bond donors (Lipinski definition) is 1. The van der Waals surface area contributed by atoms with E-state index < -0.39 is 5.25 Å². The quantitative estimate of drug-likeness (QED) is 0.638. The summed E-state index contributed by atoms with van der Waals surface area (Å²) in [4.78, 5) is 31.5. The van der Waals surface area contributed by atoms with Gasteiger partial charge in [0.2, 0.25) is 11.8 Å². The van der Waals surface area contributed by atoms with Gasteiger partial charge in [0.1, 0.15) is 5.25 Å². The molecule has 2 aromatic rings. The van der Waals surface area contributed by atoms with E-state index >= 15 is 0 Å². The molecule has 3 rings (SSSR count). The summed E-state index contributed by atoms with van der Waals surface area (Å²) in [7, 11) is 0. The number of nitrogens with one attached hydrogen (secondary N) is 1. The van der Waals surface area contributed by atoms with Crippen molar-refractivity contribution < 1.29 is 9.59 Å². The first-order chi connectivity index (χ1) is 13.4. The van der Waals surface area contributed by atoms with Crippen LogP contribution in [0.5, 0.6) is 0 Å². The van der Waals surface area contributed by atoms with Crippen LogP contribution in [-0.4, -0.2) is 33.7 Å². The van der Waals surface area contributed by atoms with Crippen LogP contribution < -0.4 is 5.32 Å². The minimum Gasteiger partial charge on any atom is -0.325 e. The Morgan fingerprint density at radius 1 is 1.32 bits per heavy atom. The molecule has 1 fully saturated rings. The number of amidine groups is 1. The van der Waals surface area contributed by atoms with E-state index in [1.54, 1.807) is 23.1 Å². The number of carbonyl (C=O) groups is 2. The zero-order valence-corrected chi connectivity index (χ0v) is 18.6. The summed E-state index contributed by atoms with van der Waals surface area (Å²) in [5.41, 5.74) is 2.29. The highest BCUT2D eigenvalue weighted by atomic mass is 79.9. The molecule has 1 atom stereocenters. The lowest BCUT2D eigenvalue weighted by atomic mass is 10.2. The van der Waals surface area contributed by atoms with E-state index in [-0.39, 0.29) is 18.2 Å². The molecule has 1 aliphatic heterocycles. The Morgan fingerprint density at radius 3 is 2.68 bits per heavy atom. The Bertz CT molecular complexity index is 934. The molecule has 1 aliphatic rings. The number of amides is 2. The molecular formula is C20H19BrClN3O2S. The molecule has 0 bridgehead atoms. The van der Waals surface area contributed by atoms with Gasteiger partial charge in [-0.2, -0.15) is 0 Å². The number of rotatable bonds is 4. The second-order valence-corrected chi connectivity index (χ2v) is 8.77. The first kappa shape index (κ1) is 20.9. The maximum absolute atomic E-state index is 12.7. The molecule has 5 nitrogen and oxygen atoms in total. The maximum Gasteiger partial charge on any atom is 0.238 e. The first-order valence-corrected chi connectivity index (χ1v) is 10.8. The van der Waals surface area contributed by atoms with Crippen LogP contribution in [0, 0.1) is 6.92 Å². The van der Waals surface area contributed by atoms with Gasteiger partial charge in [0.25, 0.3) is 0 Å². The molecule has 1 N–H and O–H groups in total. The SMILES string of the molecule is CCN1C(=O)C[C@@H](C(=O)Nc2ccc(Br)cc2)SC1=Nc1ccc(C)c(Cl)c1. The fraction of sp³-hybridized carbons (Fsp3) is 0.250. The number of thioether (sulfide) groups is 1. The molecule has 1 saturated heterocycles. The number of halogens is 2. The van der Waals surface area contributed by atoms with E-state index in [1.807, 2.05) is 38.1 Å². The van der Waals surface area contributed by atoms with Crippen LogP contribution in [0.25, 0.3) is 0 Å². The van der Waals surface area contributed by atoms with Crippen LogP contribution >= 0.6 is 39.3 Å². The van der Waals surface area contributed by atoms with E-state index in [0.717, 1.165) is 10.0 Å². The van der Waals surface area contributed by atoms with Crippen molar-refractivity contribution in [3.05, 3.63) is 57.5 Å². The third kappa shape index (κ3) is 4.96. The summed E-state index contributed by atoms with van der Waals surface area (Å²) >= 11 is 10.8. The van der Waals surface area contributed by atoms with Crippen molar-refractivity contribution in [2.24, 2.45) is 4.99 Å². The average Bonchev–Trinajstić information content (AvgIpc) is 2.66. The minimum atomic E-state index is -0.543. The molecule has 0 unspecified atom stereocenters. The molecule has 28 heavy (non-hydrogen) atoms. The van der Waals surface area contributed by atoms with Gasteiger partial charge in [-0.15, -0.1) is 0 Å². The topological polar surface area (TPSA) is 61.8 Å². The summed E-state index contributed by atoms with van der Waals surface area (Å²) in [6, 6.07) is 12.8. The highest BCUT2D eigenvalue weighted by molar-refractivity contribution is 9.10. The third-order valence-electron chi connectivity index (χ3n) is 4.24. The molecule has 2 amide bonds. The average molecular weight is 481 g/mol. The van der Waals surface area contributed by atoms with Crippen molar-refractivity contribution >= 4 is 67.6 Å². The van der Waals surface area contributed by atoms with Gasteiger partial charge in [-0.25, -0.2) is 4.99 Å². The fourth-order valence-electron chi connectivity index (χ4n) is 2.67. The van der Waals surface area contributed by atoms with Gasteiger partial charge in [0.05, 0.1) is 5.69 Å². The van der Waals surface area contributed by atoms with Gasteiger partial charge in [-0.05, 0) is 55.8 Å². The van der Waals surface area contributed by atoms with E-state index in [9.17, 15) is 9.59 Å². The number of anilines is 1. The number of carbonyl (C=O) groups excluding carboxylic acids is 2. The van der Waals surface area contributed by atoms with E-state index in [1.165, 1.54) is 11.8 Å². The number of nitrogens with zero attached hydrogens (tertiary/aromatic N) is 2. The van der Waals surface area contributed by atoms with Gasteiger partial charge in [0, 0.05) is 28.1 Å². The summed E-state index contributed by atoms with van der Waals surface area (Å²) < 4.78 is 0.928. The van der Waals surface area contributed by atoms with Crippen molar-refractivity contribution in [3.8, 4) is 0 Å². The molecule has 2 aromatic carbocycles. The van der Waals surface area contributed by atoms with Gasteiger partial charge in [-0.3, -0.25) is 14.5 Å². The molecule has 0 radical (unpaired) electrons. The molecular weight excluding hydrogens is 462 g/mol. The van der Waals surface area contributed by atoms with Gasteiger partial charge < -0.3 is 5.32 Å². The Morgan fingerprint density at radius 2 is 2.04 bits per heavy atom. The number of benzene rings is 2. The molecule has 8 heteroatoms. The monoisotopic (exact) mass is 479 g/mol. The van der Waals surface area contributed by atoms with Crippen LogP contribution in [0.1, 0.15) is 18.9 Å². The lowest BCUT2D eigenvalue weighted by Gasteiger charge is -2.30. The van der Waals surface area contributed by atoms with Crippen LogP contribution in [0.3, 0.4) is 0 Å². The number of aliphatic imine (C=N–C) groups is 1. The second kappa shape index (κ2) is 9.11. The van der Waals surface area contributed by atoms with Crippen molar-refractivity contribution in [3.63, 3.8) is 0 Å². The zero-order chi connectivity index (χ0) is 20.3. The van der Waals surface area contributed by atoms with Crippen LogP contribution in [0.2, 0.25) is 5.02 Å². The second-order valence-electron chi connectivity index (χ2n) is 6.27. The van der Waals surface area contributed by atoms with Gasteiger partial charge in [0.15, 0.2) is 5.17 Å². The van der Waals surface area contributed by atoms with Crippen molar-refractivity contribution in [1.29, 1.82) is 0 Å². The van der Waals surface area contributed by atoms with Crippen molar-refractivity contribution in [2.75, 3.05) is 11.9 Å². The molecule has 0 saturated carbocycles. The van der Waals surface area contributed by atoms with Crippen LogP contribution in [0.4, 0.5) is 11.4 Å². The Labute approximate surface area is 181 Å². The van der Waals surface area contributed by atoms with Gasteiger partial charge >= 0.3 is 0 Å².